The van der Waals surface area contributed by atoms with E-state index in [9.17, 15) is 13.8 Å². The van der Waals surface area contributed by atoms with E-state index in [4.69, 9.17) is 16.1 Å². The largest absolute Gasteiger partial charge is 0.347 e. The van der Waals surface area contributed by atoms with Gasteiger partial charge in [-0.25, -0.2) is 8.78 Å². The van der Waals surface area contributed by atoms with Gasteiger partial charge >= 0.3 is 7.60 Å². The van der Waals surface area contributed by atoms with E-state index >= 15 is 4.39 Å². The molecule has 0 aliphatic rings. The highest BCUT2D eigenvalue weighted by molar-refractivity contribution is 7.54. The van der Waals surface area contributed by atoms with Crippen LogP contribution in [-0.2, 0) is 14.2 Å². The van der Waals surface area contributed by atoms with E-state index in [-0.39, 0.29) is 28.3 Å². The van der Waals surface area contributed by atoms with Crippen molar-refractivity contribution in [1.29, 1.82) is 0 Å². The first-order valence-corrected chi connectivity index (χ1v) is 10.5. The SMILES string of the molecule is CCOP(=O)(O)C(c1ccc(F)cc1)(c1ccccc1F)c1ccccc1Cl. The van der Waals surface area contributed by atoms with Gasteiger partial charge in [0.05, 0.1) is 6.61 Å². The van der Waals surface area contributed by atoms with Crippen LogP contribution in [0.2, 0.25) is 5.02 Å². The highest BCUT2D eigenvalue weighted by Crippen LogP contribution is 2.68. The maximum Gasteiger partial charge on any atom is 0.347 e. The fourth-order valence-electron chi connectivity index (χ4n) is 3.40. The Labute approximate surface area is 167 Å². The minimum absolute atomic E-state index is 0.0877. The standard InChI is InChI=1S/C21H18ClF2O3P/c1-2-27-28(25,26)21(15-11-13-16(23)14-12-15,17-7-3-5-9-19(17)22)18-8-4-6-10-20(18)24/h3-14H,2H2,1H3,(H,25,26). The van der Waals surface area contributed by atoms with E-state index < -0.39 is 24.4 Å². The van der Waals surface area contributed by atoms with Gasteiger partial charge in [0, 0.05) is 10.6 Å². The van der Waals surface area contributed by atoms with Crippen LogP contribution in [0, 0.1) is 11.6 Å². The Morgan fingerprint density at radius 1 is 0.964 bits per heavy atom. The van der Waals surface area contributed by atoms with Crippen LogP contribution in [0.15, 0.2) is 72.8 Å². The highest BCUT2D eigenvalue weighted by Gasteiger charge is 2.55. The molecule has 0 fully saturated rings. The third-order valence-corrected chi connectivity index (χ3v) is 7.04. The lowest BCUT2D eigenvalue weighted by Crippen LogP contribution is -2.32. The van der Waals surface area contributed by atoms with Crippen molar-refractivity contribution in [3.05, 3.63) is 106 Å². The summed E-state index contributed by atoms with van der Waals surface area (Å²) in [5.41, 5.74) is 0.285. The predicted octanol–water partition coefficient (Wildman–Crippen LogP) is 6.13. The van der Waals surface area contributed by atoms with Crippen LogP contribution in [0.4, 0.5) is 8.78 Å². The smallest absolute Gasteiger partial charge is 0.323 e. The van der Waals surface area contributed by atoms with Gasteiger partial charge in [-0.2, -0.15) is 0 Å². The molecule has 3 nitrogen and oxygen atoms in total. The van der Waals surface area contributed by atoms with Crippen molar-refractivity contribution in [2.75, 3.05) is 6.61 Å². The first-order chi connectivity index (χ1) is 13.3. The topological polar surface area (TPSA) is 46.5 Å². The van der Waals surface area contributed by atoms with Crippen molar-refractivity contribution in [2.24, 2.45) is 0 Å². The second-order valence-corrected chi connectivity index (χ2v) is 8.49. The van der Waals surface area contributed by atoms with Crippen molar-refractivity contribution in [2.45, 2.75) is 12.1 Å². The summed E-state index contributed by atoms with van der Waals surface area (Å²) in [6, 6.07) is 17.0. The van der Waals surface area contributed by atoms with Crippen LogP contribution < -0.4 is 0 Å². The van der Waals surface area contributed by atoms with Crippen molar-refractivity contribution in [3.63, 3.8) is 0 Å². The van der Waals surface area contributed by atoms with Gasteiger partial charge in [0.15, 0.2) is 5.16 Å². The van der Waals surface area contributed by atoms with Crippen LogP contribution in [-0.4, -0.2) is 11.5 Å². The lowest BCUT2D eigenvalue weighted by Gasteiger charge is -2.38. The van der Waals surface area contributed by atoms with Crippen LogP contribution in [0.3, 0.4) is 0 Å². The van der Waals surface area contributed by atoms with Crippen molar-refractivity contribution in [1.82, 2.24) is 0 Å². The summed E-state index contributed by atoms with van der Waals surface area (Å²) in [7, 11) is -4.62. The summed E-state index contributed by atoms with van der Waals surface area (Å²) in [6.45, 7) is 1.47. The molecule has 28 heavy (non-hydrogen) atoms. The average molecular weight is 423 g/mol. The second kappa shape index (κ2) is 8.14. The number of halogens is 3. The summed E-state index contributed by atoms with van der Waals surface area (Å²) < 4.78 is 47.6. The maximum atomic E-state index is 15.0. The van der Waals surface area contributed by atoms with Gasteiger partial charge in [0.25, 0.3) is 0 Å². The van der Waals surface area contributed by atoms with Gasteiger partial charge in [-0.3, -0.25) is 4.57 Å². The van der Waals surface area contributed by atoms with Crippen LogP contribution in [0.25, 0.3) is 0 Å². The summed E-state index contributed by atoms with van der Waals surface area (Å²) in [5, 5.41) is -1.83. The summed E-state index contributed by atoms with van der Waals surface area (Å²) in [5.74, 6) is -1.24. The number of benzene rings is 3. The quantitative estimate of drug-likeness (QED) is 0.384. The maximum absolute atomic E-state index is 15.0. The Morgan fingerprint density at radius 2 is 1.54 bits per heavy atom. The minimum Gasteiger partial charge on any atom is -0.323 e. The zero-order valence-corrected chi connectivity index (χ0v) is 16.6. The average Bonchev–Trinajstić information content (AvgIpc) is 2.66. The Hall–Kier alpha value is -2.04. The molecule has 146 valence electrons. The van der Waals surface area contributed by atoms with Gasteiger partial charge in [0.1, 0.15) is 11.6 Å². The number of rotatable bonds is 6. The van der Waals surface area contributed by atoms with E-state index in [0.29, 0.717) is 0 Å². The van der Waals surface area contributed by atoms with Crippen molar-refractivity contribution >= 4 is 19.2 Å². The molecule has 0 amide bonds. The predicted molar refractivity (Wildman–Crippen MR) is 106 cm³/mol. The summed E-state index contributed by atoms with van der Waals surface area (Å²) >= 11 is 6.41. The first kappa shape index (κ1) is 20.7. The molecule has 2 unspecified atom stereocenters. The molecule has 3 aromatic rings. The van der Waals surface area contributed by atoms with E-state index in [2.05, 4.69) is 0 Å². The number of hydrogen-bond donors (Lipinski definition) is 1. The molecular weight excluding hydrogens is 405 g/mol. The van der Waals surface area contributed by atoms with Crippen molar-refractivity contribution in [3.8, 4) is 0 Å². The zero-order valence-electron chi connectivity index (χ0n) is 15.0. The summed E-state index contributed by atoms with van der Waals surface area (Å²) in [4.78, 5) is 11.1. The molecule has 0 spiro atoms. The van der Waals surface area contributed by atoms with Gasteiger partial charge in [-0.15, -0.1) is 0 Å². The van der Waals surface area contributed by atoms with Gasteiger partial charge < -0.3 is 9.42 Å². The Morgan fingerprint density at radius 3 is 2.11 bits per heavy atom. The van der Waals surface area contributed by atoms with Crippen LogP contribution in [0.1, 0.15) is 23.6 Å². The second-order valence-electron chi connectivity index (χ2n) is 6.12. The molecule has 1 N–H and O–H groups in total. The van der Waals surface area contributed by atoms with E-state index in [1.807, 2.05) is 0 Å². The molecular formula is C21H18ClF2O3P. The van der Waals surface area contributed by atoms with Crippen molar-refractivity contribution < 1.29 is 22.8 Å². The van der Waals surface area contributed by atoms with E-state index in [0.717, 1.165) is 12.1 Å². The molecule has 7 heteroatoms. The van der Waals surface area contributed by atoms with Gasteiger partial charge in [-0.05, 0) is 42.3 Å². The molecule has 0 aromatic heterocycles. The van der Waals surface area contributed by atoms with E-state index in [1.165, 1.54) is 30.3 Å². The highest BCUT2D eigenvalue weighted by atomic mass is 35.5. The normalized spacial score (nSPS) is 15.6. The van der Waals surface area contributed by atoms with Gasteiger partial charge in [-0.1, -0.05) is 60.1 Å². The van der Waals surface area contributed by atoms with Crippen LogP contribution >= 0.6 is 19.2 Å². The molecule has 3 aromatic carbocycles. The molecule has 0 aliphatic carbocycles. The fraction of sp³-hybridized carbons (Fsp3) is 0.143. The molecule has 0 bridgehead atoms. The summed E-state index contributed by atoms with van der Waals surface area (Å²) in [6.07, 6.45) is 0. The van der Waals surface area contributed by atoms with Crippen LogP contribution in [0.5, 0.6) is 0 Å². The monoisotopic (exact) mass is 422 g/mol. The third kappa shape index (κ3) is 3.40. The lowest BCUT2D eigenvalue weighted by molar-refractivity contribution is 0.257. The minimum atomic E-state index is -4.62. The molecule has 2 atom stereocenters. The van der Waals surface area contributed by atoms with E-state index in [1.54, 1.807) is 37.3 Å². The zero-order chi connectivity index (χ0) is 20.4. The Balaban J connectivity index is 2.53. The molecule has 3 rings (SSSR count). The Kier molecular flexibility index (Phi) is 6.01. The molecule has 0 radical (unpaired) electrons. The molecule has 0 aliphatic heterocycles. The fourth-order valence-corrected chi connectivity index (χ4v) is 5.74. The van der Waals surface area contributed by atoms with Gasteiger partial charge in [0.2, 0.25) is 0 Å². The Bertz CT molecular complexity index is 979. The molecule has 0 heterocycles. The molecule has 0 saturated carbocycles. The molecule has 0 saturated heterocycles. The number of hydrogen-bond acceptors (Lipinski definition) is 2. The first-order valence-electron chi connectivity index (χ1n) is 8.58. The lowest BCUT2D eigenvalue weighted by atomic mass is 9.83. The third-order valence-electron chi connectivity index (χ3n) is 4.52.